The molecule has 0 unspecified atom stereocenters. The van der Waals surface area contributed by atoms with Gasteiger partial charge in [0.05, 0.1) is 0 Å². The summed E-state index contributed by atoms with van der Waals surface area (Å²) in [5.74, 6) is 2.39. The Labute approximate surface area is 187 Å². The third-order valence-corrected chi connectivity index (χ3v) is 4.37. The molecule has 1 aromatic carbocycles. The van der Waals surface area contributed by atoms with E-state index in [0.29, 0.717) is 28.9 Å². The van der Waals surface area contributed by atoms with Crippen LogP contribution in [0.2, 0.25) is 10.0 Å². The second-order valence-corrected chi connectivity index (χ2v) is 7.06. The summed E-state index contributed by atoms with van der Waals surface area (Å²) in [7, 11) is 1.75. The molecule has 0 amide bonds. The Morgan fingerprint density at radius 2 is 1.93 bits per heavy atom. The van der Waals surface area contributed by atoms with Gasteiger partial charge in [-0.25, -0.2) is 0 Å². The zero-order valence-electron chi connectivity index (χ0n) is 15.8. The van der Waals surface area contributed by atoms with Crippen molar-refractivity contribution in [1.29, 1.82) is 0 Å². The van der Waals surface area contributed by atoms with Crippen LogP contribution < -0.4 is 10.6 Å². The smallest absolute Gasteiger partial charge is 0.228 e. The Morgan fingerprint density at radius 1 is 1.19 bits per heavy atom. The van der Waals surface area contributed by atoms with Crippen LogP contribution in [-0.2, 0) is 12.8 Å². The van der Waals surface area contributed by atoms with Crippen molar-refractivity contribution in [2.24, 2.45) is 4.99 Å². The number of benzene rings is 1. The van der Waals surface area contributed by atoms with Gasteiger partial charge in [0.1, 0.15) is 0 Å². The lowest BCUT2D eigenvalue weighted by Gasteiger charge is -2.11. The third-order valence-electron chi connectivity index (χ3n) is 3.79. The second-order valence-electron chi connectivity index (χ2n) is 6.22. The maximum atomic E-state index is 6.19. The number of guanidine groups is 1. The molecule has 0 aliphatic heterocycles. The summed E-state index contributed by atoms with van der Waals surface area (Å²) in [6.45, 7) is 5.53. The third kappa shape index (κ3) is 8.23. The molecule has 2 N–H and O–H groups in total. The van der Waals surface area contributed by atoms with Crippen LogP contribution in [0.15, 0.2) is 27.7 Å². The number of nitrogens with one attached hydrogen (secondary N) is 2. The molecule has 0 aliphatic rings. The van der Waals surface area contributed by atoms with Gasteiger partial charge in [0, 0.05) is 42.5 Å². The first-order chi connectivity index (χ1) is 12.5. The van der Waals surface area contributed by atoms with Gasteiger partial charge in [-0.2, -0.15) is 4.98 Å². The van der Waals surface area contributed by atoms with Crippen molar-refractivity contribution in [3.8, 4) is 0 Å². The molecule has 0 radical (unpaired) electrons. The monoisotopic (exact) mass is 525 g/mol. The van der Waals surface area contributed by atoms with Crippen LogP contribution in [0, 0.1) is 0 Å². The maximum Gasteiger partial charge on any atom is 0.228 e. The standard InChI is InChI=1S/C18H25Cl2N5O.HI/c1-12(2)17-24-16(26-25-17)8-10-23-18(21-3)22-9-4-5-13-6-7-14(19)11-15(13)20;/h6-7,11-12H,4-5,8-10H2,1-3H3,(H2,21,22,23);1H. The van der Waals surface area contributed by atoms with E-state index < -0.39 is 0 Å². The molecule has 150 valence electrons. The van der Waals surface area contributed by atoms with Crippen molar-refractivity contribution in [2.45, 2.75) is 39.0 Å². The lowest BCUT2D eigenvalue weighted by atomic mass is 10.1. The Kier molecular flexibility index (Phi) is 11.0. The summed E-state index contributed by atoms with van der Waals surface area (Å²) in [6.07, 6.45) is 2.46. The molecule has 27 heavy (non-hydrogen) atoms. The van der Waals surface area contributed by atoms with Gasteiger partial charge in [-0.15, -0.1) is 24.0 Å². The maximum absolute atomic E-state index is 6.19. The molecule has 0 bridgehead atoms. The number of aliphatic imine (C=N–C) groups is 1. The number of aromatic nitrogens is 2. The van der Waals surface area contributed by atoms with Crippen LogP contribution in [0.3, 0.4) is 0 Å². The number of aryl methyl sites for hydroxylation is 1. The van der Waals surface area contributed by atoms with Gasteiger partial charge in [0.25, 0.3) is 0 Å². The lowest BCUT2D eigenvalue weighted by molar-refractivity contribution is 0.371. The minimum atomic E-state index is 0. The SMILES string of the molecule is CN=C(NCCCc1ccc(Cl)cc1Cl)NCCc1nc(C(C)C)no1.I. The Morgan fingerprint density at radius 3 is 2.56 bits per heavy atom. The summed E-state index contributed by atoms with van der Waals surface area (Å²) in [5.41, 5.74) is 1.10. The predicted octanol–water partition coefficient (Wildman–Crippen LogP) is 4.46. The number of nitrogens with zero attached hydrogens (tertiary/aromatic N) is 3. The van der Waals surface area contributed by atoms with E-state index in [0.717, 1.165) is 36.7 Å². The first-order valence-corrected chi connectivity index (χ1v) is 9.46. The highest BCUT2D eigenvalue weighted by atomic mass is 127. The van der Waals surface area contributed by atoms with Crippen molar-refractivity contribution in [3.63, 3.8) is 0 Å². The van der Waals surface area contributed by atoms with Gasteiger partial charge in [-0.05, 0) is 30.5 Å². The van der Waals surface area contributed by atoms with E-state index in [1.165, 1.54) is 0 Å². The molecule has 0 fully saturated rings. The summed E-state index contributed by atoms with van der Waals surface area (Å²) >= 11 is 12.1. The van der Waals surface area contributed by atoms with Crippen LogP contribution in [-0.4, -0.2) is 36.2 Å². The van der Waals surface area contributed by atoms with Crippen LogP contribution >= 0.6 is 47.2 Å². The summed E-state index contributed by atoms with van der Waals surface area (Å²) in [6, 6.07) is 5.60. The number of hydrogen-bond acceptors (Lipinski definition) is 4. The highest BCUT2D eigenvalue weighted by molar-refractivity contribution is 14.0. The molecule has 2 rings (SSSR count). The van der Waals surface area contributed by atoms with E-state index in [1.54, 1.807) is 13.1 Å². The lowest BCUT2D eigenvalue weighted by Crippen LogP contribution is -2.38. The number of rotatable bonds is 8. The fraction of sp³-hybridized carbons (Fsp3) is 0.500. The van der Waals surface area contributed by atoms with Gasteiger partial charge in [-0.3, -0.25) is 4.99 Å². The first-order valence-electron chi connectivity index (χ1n) is 8.70. The van der Waals surface area contributed by atoms with E-state index in [-0.39, 0.29) is 29.9 Å². The van der Waals surface area contributed by atoms with E-state index in [1.807, 2.05) is 26.0 Å². The molecular weight excluding hydrogens is 500 g/mol. The molecule has 0 saturated heterocycles. The summed E-state index contributed by atoms with van der Waals surface area (Å²) in [5, 5.41) is 11.8. The second kappa shape index (κ2) is 12.4. The molecule has 2 aromatic rings. The molecule has 0 spiro atoms. The minimum absolute atomic E-state index is 0. The van der Waals surface area contributed by atoms with Gasteiger partial charge < -0.3 is 15.2 Å². The van der Waals surface area contributed by atoms with Crippen LogP contribution in [0.5, 0.6) is 0 Å². The van der Waals surface area contributed by atoms with Crippen LogP contribution in [0.4, 0.5) is 0 Å². The quantitative estimate of drug-likeness (QED) is 0.230. The van der Waals surface area contributed by atoms with E-state index in [9.17, 15) is 0 Å². The predicted molar refractivity (Wildman–Crippen MR) is 122 cm³/mol. The molecule has 0 atom stereocenters. The van der Waals surface area contributed by atoms with Gasteiger partial charge in [0.15, 0.2) is 11.8 Å². The fourth-order valence-corrected chi connectivity index (χ4v) is 2.83. The first kappa shape index (κ1) is 24.0. The Bertz CT molecular complexity index is 736. The van der Waals surface area contributed by atoms with E-state index in [4.69, 9.17) is 27.7 Å². The van der Waals surface area contributed by atoms with Gasteiger partial charge in [-0.1, -0.05) is 48.3 Å². The molecule has 1 heterocycles. The van der Waals surface area contributed by atoms with Crippen LogP contribution in [0.1, 0.15) is 43.5 Å². The molecule has 1 aromatic heterocycles. The zero-order chi connectivity index (χ0) is 18.9. The zero-order valence-corrected chi connectivity index (χ0v) is 19.6. The molecular formula is C18H26Cl2IN5O. The highest BCUT2D eigenvalue weighted by Crippen LogP contribution is 2.21. The number of hydrogen-bond donors (Lipinski definition) is 2. The minimum Gasteiger partial charge on any atom is -0.356 e. The van der Waals surface area contributed by atoms with Gasteiger partial charge >= 0.3 is 0 Å². The van der Waals surface area contributed by atoms with Crippen LogP contribution in [0.25, 0.3) is 0 Å². The Hall–Kier alpha value is -1.06. The van der Waals surface area contributed by atoms with Crippen molar-refractivity contribution < 1.29 is 4.52 Å². The average Bonchev–Trinajstić information content (AvgIpc) is 3.07. The molecule has 6 nitrogen and oxygen atoms in total. The Balaban J connectivity index is 0.00000364. The summed E-state index contributed by atoms with van der Waals surface area (Å²) < 4.78 is 5.23. The molecule has 0 aliphatic carbocycles. The van der Waals surface area contributed by atoms with Crippen molar-refractivity contribution in [3.05, 3.63) is 45.5 Å². The average molecular weight is 526 g/mol. The summed E-state index contributed by atoms with van der Waals surface area (Å²) in [4.78, 5) is 8.57. The highest BCUT2D eigenvalue weighted by Gasteiger charge is 2.09. The normalized spacial score (nSPS) is 11.4. The number of halogens is 3. The van der Waals surface area contributed by atoms with E-state index >= 15 is 0 Å². The van der Waals surface area contributed by atoms with Crippen molar-refractivity contribution >= 4 is 53.1 Å². The molecule has 9 heteroatoms. The van der Waals surface area contributed by atoms with Gasteiger partial charge in [0.2, 0.25) is 5.89 Å². The largest absolute Gasteiger partial charge is 0.356 e. The van der Waals surface area contributed by atoms with Crippen molar-refractivity contribution in [2.75, 3.05) is 20.1 Å². The fourth-order valence-electron chi connectivity index (χ4n) is 2.32. The topological polar surface area (TPSA) is 75.3 Å². The van der Waals surface area contributed by atoms with E-state index in [2.05, 4.69) is 25.8 Å². The van der Waals surface area contributed by atoms with Crippen molar-refractivity contribution in [1.82, 2.24) is 20.8 Å². The molecule has 0 saturated carbocycles.